The molecule has 1 aliphatic rings. The van der Waals surface area contributed by atoms with Crippen molar-refractivity contribution >= 4 is 17.4 Å². The lowest BCUT2D eigenvalue weighted by Crippen LogP contribution is -2.38. The number of nitrogens with zero attached hydrogens (tertiary/aromatic N) is 3. The van der Waals surface area contributed by atoms with Gasteiger partial charge in [-0.25, -0.2) is 0 Å². The van der Waals surface area contributed by atoms with Crippen molar-refractivity contribution in [1.82, 2.24) is 10.2 Å². The molecule has 1 amide bonds. The standard InChI is InChI=1S/C25H28N4O2/c1-3-31-22-10-8-21(9-11-22)26-25(30)20-14-16-29(17-15-20)24-13-12-23(27-28-24)19-6-4-18(2)5-7-19/h4-13,20H,3,14-17H2,1-2H3,(H,26,30). The van der Waals surface area contributed by atoms with E-state index < -0.39 is 0 Å². The summed E-state index contributed by atoms with van der Waals surface area (Å²) in [7, 11) is 0. The van der Waals surface area contributed by atoms with E-state index in [0.29, 0.717) is 6.61 Å². The molecule has 2 aromatic carbocycles. The Morgan fingerprint density at radius 3 is 2.32 bits per heavy atom. The minimum Gasteiger partial charge on any atom is -0.494 e. The van der Waals surface area contributed by atoms with Gasteiger partial charge in [0.05, 0.1) is 12.3 Å². The van der Waals surface area contributed by atoms with Crippen LogP contribution in [0.25, 0.3) is 11.3 Å². The summed E-state index contributed by atoms with van der Waals surface area (Å²) >= 11 is 0. The minimum atomic E-state index is 0.00242. The third kappa shape index (κ3) is 5.20. The Hall–Kier alpha value is -3.41. The summed E-state index contributed by atoms with van der Waals surface area (Å²) in [5.41, 5.74) is 3.96. The van der Waals surface area contributed by atoms with Crippen LogP contribution in [0.5, 0.6) is 5.75 Å². The quantitative estimate of drug-likeness (QED) is 0.631. The third-order valence-electron chi connectivity index (χ3n) is 5.62. The average Bonchev–Trinajstić information content (AvgIpc) is 2.81. The molecule has 1 aliphatic heterocycles. The predicted octanol–water partition coefficient (Wildman–Crippen LogP) is 4.71. The van der Waals surface area contributed by atoms with Crippen molar-refractivity contribution in [1.29, 1.82) is 0 Å². The number of nitrogens with one attached hydrogen (secondary N) is 1. The second-order valence-electron chi connectivity index (χ2n) is 7.85. The van der Waals surface area contributed by atoms with Crippen molar-refractivity contribution < 1.29 is 9.53 Å². The van der Waals surface area contributed by atoms with E-state index >= 15 is 0 Å². The number of piperidine rings is 1. The number of aromatic nitrogens is 2. The van der Waals surface area contributed by atoms with Crippen LogP contribution in [0.2, 0.25) is 0 Å². The van der Waals surface area contributed by atoms with E-state index in [-0.39, 0.29) is 11.8 Å². The summed E-state index contributed by atoms with van der Waals surface area (Å²) in [4.78, 5) is 14.9. The highest BCUT2D eigenvalue weighted by Crippen LogP contribution is 2.25. The molecule has 6 heteroatoms. The van der Waals surface area contributed by atoms with Gasteiger partial charge in [-0.05, 0) is 63.1 Å². The Bertz CT molecular complexity index is 993. The molecule has 4 rings (SSSR count). The van der Waals surface area contributed by atoms with Crippen LogP contribution in [0.4, 0.5) is 11.5 Å². The molecule has 160 valence electrons. The van der Waals surface area contributed by atoms with E-state index in [1.807, 2.05) is 43.3 Å². The number of hydrogen-bond acceptors (Lipinski definition) is 5. The van der Waals surface area contributed by atoms with Gasteiger partial charge in [0.1, 0.15) is 5.75 Å². The molecule has 2 heterocycles. The molecule has 1 fully saturated rings. The molecule has 6 nitrogen and oxygen atoms in total. The van der Waals surface area contributed by atoms with Crippen LogP contribution in [0.3, 0.4) is 0 Å². The molecule has 1 N–H and O–H groups in total. The zero-order valence-electron chi connectivity index (χ0n) is 18.0. The van der Waals surface area contributed by atoms with Gasteiger partial charge >= 0.3 is 0 Å². The van der Waals surface area contributed by atoms with Crippen molar-refractivity contribution in [2.45, 2.75) is 26.7 Å². The zero-order chi connectivity index (χ0) is 21.6. The summed E-state index contributed by atoms with van der Waals surface area (Å²) in [6.45, 7) is 6.23. The number of carbonyl (C=O) groups excluding carboxylic acids is 1. The first-order chi connectivity index (χ1) is 15.1. The minimum absolute atomic E-state index is 0.00242. The van der Waals surface area contributed by atoms with Crippen LogP contribution in [0.15, 0.2) is 60.7 Å². The summed E-state index contributed by atoms with van der Waals surface area (Å²) in [6, 6.07) is 19.8. The summed E-state index contributed by atoms with van der Waals surface area (Å²) in [5.74, 6) is 1.75. The van der Waals surface area contributed by atoms with Crippen molar-refractivity contribution in [2.75, 3.05) is 29.9 Å². The molecule has 1 aromatic heterocycles. The SMILES string of the molecule is CCOc1ccc(NC(=O)C2CCN(c3ccc(-c4ccc(C)cc4)nn3)CC2)cc1. The van der Waals surface area contributed by atoms with Crippen LogP contribution >= 0.6 is 0 Å². The first-order valence-electron chi connectivity index (χ1n) is 10.8. The van der Waals surface area contributed by atoms with Crippen LogP contribution in [0, 0.1) is 12.8 Å². The lowest BCUT2D eigenvalue weighted by molar-refractivity contribution is -0.120. The number of benzene rings is 2. The molecular weight excluding hydrogens is 388 g/mol. The average molecular weight is 417 g/mol. The van der Waals surface area contributed by atoms with Gasteiger partial charge in [-0.2, -0.15) is 0 Å². The Labute approximate surface area is 183 Å². The fourth-order valence-electron chi connectivity index (χ4n) is 3.79. The van der Waals surface area contributed by atoms with Crippen molar-refractivity contribution in [3.05, 3.63) is 66.2 Å². The number of amides is 1. The van der Waals surface area contributed by atoms with Crippen LogP contribution in [-0.4, -0.2) is 35.8 Å². The first-order valence-corrected chi connectivity index (χ1v) is 10.8. The Morgan fingerprint density at radius 1 is 1.00 bits per heavy atom. The van der Waals surface area contributed by atoms with E-state index in [9.17, 15) is 4.79 Å². The highest BCUT2D eigenvalue weighted by molar-refractivity contribution is 5.92. The maximum absolute atomic E-state index is 12.7. The van der Waals surface area contributed by atoms with Gasteiger partial charge in [0, 0.05) is 30.3 Å². The lowest BCUT2D eigenvalue weighted by atomic mass is 9.95. The molecule has 0 bridgehead atoms. The molecule has 0 unspecified atom stereocenters. The second-order valence-corrected chi connectivity index (χ2v) is 7.85. The molecule has 1 saturated heterocycles. The molecule has 0 radical (unpaired) electrons. The zero-order valence-corrected chi connectivity index (χ0v) is 18.0. The second kappa shape index (κ2) is 9.60. The lowest BCUT2D eigenvalue weighted by Gasteiger charge is -2.31. The topological polar surface area (TPSA) is 67.3 Å². The number of aryl methyl sites for hydroxylation is 1. The smallest absolute Gasteiger partial charge is 0.227 e. The van der Waals surface area contributed by atoms with E-state index in [1.54, 1.807) is 0 Å². The molecule has 0 atom stereocenters. The fraction of sp³-hybridized carbons (Fsp3) is 0.320. The Kier molecular flexibility index (Phi) is 6.46. The third-order valence-corrected chi connectivity index (χ3v) is 5.62. The van der Waals surface area contributed by atoms with E-state index in [2.05, 4.69) is 51.6 Å². The van der Waals surface area contributed by atoms with Crippen LogP contribution in [0.1, 0.15) is 25.3 Å². The Balaban J connectivity index is 1.30. The molecular formula is C25H28N4O2. The molecule has 0 aliphatic carbocycles. The van der Waals surface area contributed by atoms with E-state index in [1.165, 1.54) is 5.56 Å². The van der Waals surface area contributed by atoms with E-state index in [0.717, 1.165) is 54.4 Å². The van der Waals surface area contributed by atoms with Gasteiger partial charge < -0.3 is 15.0 Å². The van der Waals surface area contributed by atoms with Crippen molar-refractivity contribution in [2.24, 2.45) is 5.92 Å². The largest absolute Gasteiger partial charge is 0.494 e. The number of rotatable bonds is 6. The molecule has 0 spiro atoms. The van der Waals surface area contributed by atoms with Crippen LogP contribution in [-0.2, 0) is 4.79 Å². The molecule has 3 aromatic rings. The molecule has 0 saturated carbocycles. The van der Waals surface area contributed by atoms with Crippen molar-refractivity contribution in [3.8, 4) is 17.0 Å². The van der Waals surface area contributed by atoms with E-state index in [4.69, 9.17) is 4.74 Å². The van der Waals surface area contributed by atoms with Gasteiger partial charge in [0.15, 0.2) is 5.82 Å². The fourth-order valence-corrected chi connectivity index (χ4v) is 3.79. The van der Waals surface area contributed by atoms with Crippen molar-refractivity contribution in [3.63, 3.8) is 0 Å². The number of ether oxygens (including phenoxy) is 1. The summed E-state index contributed by atoms with van der Waals surface area (Å²) in [5, 5.41) is 11.9. The number of hydrogen-bond donors (Lipinski definition) is 1. The van der Waals surface area contributed by atoms with Gasteiger partial charge in [-0.1, -0.05) is 29.8 Å². The highest BCUT2D eigenvalue weighted by atomic mass is 16.5. The Morgan fingerprint density at radius 2 is 1.71 bits per heavy atom. The predicted molar refractivity (Wildman–Crippen MR) is 123 cm³/mol. The number of anilines is 2. The van der Waals surface area contributed by atoms with Crippen LogP contribution < -0.4 is 15.0 Å². The maximum Gasteiger partial charge on any atom is 0.227 e. The van der Waals surface area contributed by atoms with Gasteiger partial charge in [-0.15, -0.1) is 10.2 Å². The normalized spacial score (nSPS) is 14.3. The highest BCUT2D eigenvalue weighted by Gasteiger charge is 2.26. The monoisotopic (exact) mass is 416 g/mol. The molecule has 31 heavy (non-hydrogen) atoms. The number of carbonyl (C=O) groups is 1. The van der Waals surface area contributed by atoms with Gasteiger partial charge in [-0.3, -0.25) is 4.79 Å². The maximum atomic E-state index is 12.7. The summed E-state index contributed by atoms with van der Waals surface area (Å²) in [6.07, 6.45) is 1.59. The van der Waals surface area contributed by atoms with Gasteiger partial charge in [0.25, 0.3) is 0 Å². The van der Waals surface area contributed by atoms with Gasteiger partial charge in [0.2, 0.25) is 5.91 Å². The summed E-state index contributed by atoms with van der Waals surface area (Å²) < 4.78 is 5.44. The first kappa shape index (κ1) is 20.8.